The Kier molecular flexibility index (Phi) is 5.51. The van der Waals surface area contributed by atoms with Gasteiger partial charge in [0.1, 0.15) is 0 Å². The summed E-state index contributed by atoms with van der Waals surface area (Å²) >= 11 is 1.88. The fourth-order valence-electron chi connectivity index (χ4n) is 1.58. The van der Waals surface area contributed by atoms with Gasteiger partial charge in [-0.3, -0.25) is 4.99 Å². The standard InChI is InChI=1S/C12H24N2S/c1-5-11(6-2)7-13-12-14-10(4)9(3)8-15-12/h9-11H,5-8H2,1-4H3,(H,13,14). The molecule has 1 saturated heterocycles. The van der Waals surface area contributed by atoms with Gasteiger partial charge in [-0.1, -0.05) is 45.4 Å². The lowest BCUT2D eigenvalue weighted by Gasteiger charge is -2.28. The Morgan fingerprint density at radius 1 is 1.40 bits per heavy atom. The van der Waals surface area contributed by atoms with Gasteiger partial charge in [-0.15, -0.1) is 0 Å². The van der Waals surface area contributed by atoms with E-state index in [1.54, 1.807) is 0 Å². The third kappa shape index (κ3) is 4.06. The normalized spacial score (nSPS) is 29.5. The molecule has 2 nitrogen and oxygen atoms in total. The molecular formula is C12H24N2S. The smallest absolute Gasteiger partial charge is 0.156 e. The lowest BCUT2D eigenvalue weighted by Crippen LogP contribution is -2.41. The van der Waals surface area contributed by atoms with Crippen LogP contribution in [0.4, 0.5) is 0 Å². The summed E-state index contributed by atoms with van der Waals surface area (Å²) in [6.07, 6.45) is 2.48. The van der Waals surface area contributed by atoms with Gasteiger partial charge in [0.05, 0.1) is 0 Å². The molecule has 0 aromatic rings. The zero-order valence-electron chi connectivity index (χ0n) is 10.4. The van der Waals surface area contributed by atoms with Crippen molar-refractivity contribution in [3.8, 4) is 0 Å². The molecule has 0 saturated carbocycles. The van der Waals surface area contributed by atoms with Gasteiger partial charge in [0.25, 0.3) is 0 Å². The lowest BCUT2D eigenvalue weighted by molar-refractivity contribution is 0.483. The number of amidine groups is 1. The van der Waals surface area contributed by atoms with Gasteiger partial charge >= 0.3 is 0 Å². The summed E-state index contributed by atoms with van der Waals surface area (Å²) in [4.78, 5) is 4.68. The van der Waals surface area contributed by atoms with Crippen molar-refractivity contribution in [3.63, 3.8) is 0 Å². The third-order valence-electron chi connectivity index (χ3n) is 3.34. The molecule has 3 heteroatoms. The zero-order chi connectivity index (χ0) is 11.3. The van der Waals surface area contributed by atoms with E-state index in [1.807, 2.05) is 11.8 Å². The van der Waals surface area contributed by atoms with Gasteiger partial charge in [-0.2, -0.15) is 0 Å². The van der Waals surface area contributed by atoms with Crippen LogP contribution in [0, 0.1) is 11.8 Å². The van der Waals surface area contributed by atoms with Gasteiger partial charge in [0.2, 0.25) is 0 Å². The van der Waals surface area contributed by atoms with Crippen LogP contribution in [0.15, 0.2) is 4.99 Å². The molecule has 15 heavy (non-hydrogen) atoms. The largest absolute Gasteiger partial charge is 0.362 e. The summed E-state index contributed by atoms with van der Waals surface area (Å²) in [5.41, 5.74) is 0. The van der Waals surface area contributed by atoms with Crippen LogP contribution in [0.2, 0.25) is 0 Å². The van der Waals surface area contributed by atoms with Gasteiger partial charge in [-0.05, 0) is 18.8 Å². The van der Waals surface area contributed by atoms with Crippen molar-refractivity contribution in [2.75, 3.05) is 12.3 Å². The van der Waals surface area contributed by atoms with Crippen molar-refractivity contribution in [3.05, 3.63) is 0 Å². The van der Waals surface area contributed by atoms with E-state index in [4.69, 9.17) is 0 Å². The molecule has 0 radical (unpaired) electrons. The molecule has 2 unspecified atom stereocenters. The molecule has 0 aromatic carbocycles. The Hall–Kier alpha value is -0.180. The molecule has 1 aliphatic rings. The molecular weight excluding hydrogens is 204 g/mol. The van der Waals surface area contributed by atoms with Crippen molar-refractivity contribution in [1.82, 2.24) is 5.32 Å². The van der Waals surface area contributed by atoms with Gasteiger partial charge in [0, 0.05) is 18.3 Å². The van der Waals surface area contributed by atoms with Gasteiger partial charge in [-0.25, -0.2) is 0 Å². The quantitative estimate of drug-likeness (QED) is 0.799. The number of aliphatic imine (C=N–C) groups is 1. The first-order chi connectivity index (χ1) is 7.17. The first kappa shape index (κ1) is 12.9. The van der Waals surface area contributed by atoms with Crippen molar-refractivity contribution < 1.29 is 0 Å². The number of nitrogens with zero attached hydrogens (tertiary/aromatic N) is 1. The summed E-state index contributed by atoms with van der Waals surface area (Å²) in [7, 11) is 0. The van der Waals surface area contributed by atoms with Crippen molar-refractivity contribution >= 4 is 16.9 Å². The monoisotopic (exact) mass is 228 g/mol. The fourth-order valence-corrected chi connectivity index (χ4v) is 2.73. The Morgan fingerprint density at radius 2 is 2.07 bits per heavy atom. The Balaban J connectivity index is 2.40. The van der Waals surface area contributed by atoms with Crippen LogP contribution in [0.1, 0.15) is 40.5 Å². The summed E-state index contributed by atoms with van der Waals surface area (Å²) < 4.78 is 0. The first-order valence-corrected chi connectivity index (χ1v) is 7.09. The fraction of sp³-hybridized carbons (Fsp3) is 0.917. The highest BCUT2D eigenvalue weighted by Gasteiger charge is 2.20. The van der Waals surface area contributed by atoms with Crippen molar-refractivity contribution in [1.29, 1.82) is 0 Å². The van der Waals surface area contributed by atoms with Gasteiger partial charge in [0.15, 0.2) is 5.17 Å². The predicted octanol–water partition coefficient (Wildman–Crippen LogP) is 3.14. The zero-order valence-corrected chi connectivity index (χ0v) is 11.2. The van der Waals surface area contributed by atoms with Crippen LogP contribution in [0.25, 0.3) is 0 Å². The van der Waals surface area contributed by atoms with Crippen LogP contribution >= 0.6 is 11.8 Å². The second kappa shape index (κ2) is 6.41. The SMILES string of the molecule is CCC(CC)CN=C1NC(C)C(C)CS1. The maximum Gasteiger partial charge on any atom is 0.156 e. The molecule has 0 aromatic heterocycles. The van der Waals surface area contributed by atoms with E-state index in [-0.39, 0.29) is 0 Å². The van der Waals surface area contributed by atoms with Crippen LogP contribution in [-0.4, -0.2) is 23.5 Å². The molecule has 2 atom stereocenters. The van der Waals surface area contributed by atoms with Crippen molar-refractivity contribution in [2.24, 2.45) is 16.8 Å². The number of nitrogens with one attached hydrogen (secondary N) is 1. The number of hydrogen-bond acceptors (Lipinski definition) is 2. The summed E-state index contributed by atoms with van der Waals surface area (Å²) in [6, 6.07) is 0.576. The molecule has 0 bridgehead atoms. The summed E-state index contributed by atoms with van der Waals surface area (Å²) in [6.45, 7) is 10.0. The topological polar surface area (TPSA) is 24.4 Å². The second-order valence-corrected chi connectivity index (χ2v) is 5.56. The molecule has 1 aliphatic heterocycles. The Morgan fingerprint density at radius 3 is 2.60 bits per heavy atom. The minimum Gasteiger partial charge on any atom is -0.362 e. The van der Waals surface area contributed by atoms with E-state index in [9.17, 15) is 0 Å². The predicted molar refractivity (Wildman–Crippen MR) is 70.6 cm³/mol. The van der Waals surface area contributed by atoms with Crippen LogP contribution in [-0.2, 0) is 0 Å². The number of rotatable bonds is 4. The van der Waals surface area contributed by atoms with Crippen LogP contribution in [0.3, 0.4) is 0 Å². The molecule has 1 heterocycles. The first-order valence-electron chi connectivity index (χ1n) is 6.11. The maximum atomic E-state index is 4.68. The maximum absolute atomic E-state index is 4.68. The van der Waals surface area contributed by atoms with Crippen LogP contribution in [0.5, 0.6) is 0 Å². The number of thioether (sulfide) groups is 1. The molecule has 88 valence electrons. The second-order valence-electron chi connectivity index (χ2n) is 4.55. The molecule has 1 fully saturated rings. The number of hydrogen-bond donors (Lipinski definition) is 1. The van der Waals surface area contributed by atoms with Crippen molar-refractivity contribution in [2.45, 2.75) is 46.6 Å². The molecule has 1 N–H and O–H groups in total. The summed E-state index contributed by atoms with van der Waals surface area (Å²) in [5, 5.41) is 4.64. The molecule has 0 spiro atoms. The third-order valence-corrected chi connectivity index (χ3v) is 4.55. The van der Waals surface area contributed by atoms with E-state index in [2.05, 4.69) is 38.0 Å². The molecule has 0 aliphatic carbocycles. The van der Waals surface area contributed by atoms with E-state index in [0.29, 0.717) is 6.04 Å². The minimum atomic E-state index is 0.576. The van der Waals surface area contributed by atoms with E-state index < -0.39 is 0 Å². The average Bonchev–Trinajstić information content (AvgIpc) is 2.24. The van der Waals surface area contributed by atoms with E-state index in [1.165, 1.54) is 18.6 Å². The lowest BCUT2D eigenvalue weighted by atomic mass is 10.0. The Bertz CT molecular complexity index is 212. The average molecular weight is 228 g/mol. The minimum absolute atomic E-state index is 0.576. The van der Waals surface area contributed by atoms with E-state index in [0.717, 1.165) is 23.5 Å². The van der Waals surface area contributed by atoms with Gasteiger partial charge < -0.3 is 5.32 Å². The molecule has 0 amide bonds. The highest BCUT2D eigenvalue weighted by Crippen LogP contribution is 2.19. The summed E-state index contributed by atoms with van der Waals surface area (Å²) in [5.74, 6) is 2.72. The highest BCUT2D eigenvalue weighted by atomic mass is 32.2. The Labute approximate surface area is 98.3 Å². The van der Waals surface area contributed by atoms with Crippen LogP contribution < -0.4 is 5.32 Å². The van der Waals surface area contributed by atoms with E-state index >= 15 is 0 Å². The highest BCUT2D eigenvalue weighted by molar-refractivity contribution is 8.13. The molecule has 1 rings (SSSR count).